The first-order chi connectivity index (χ1) is 6.63. The van der Waals surface area contributed by atoms with Crippen molar-refractivity contribution in [3.05, 3.63) is 18.1 Å². The molecule has 1 unspecified atom stereocenters. The Morgan fingerprint density at radius 2 is 2.21 bits per heavy atom. The number of aliphatic hydroxyl groups is 1. The summed E-state index contributed by atoms with van der Waals surface area (Å²) in [6, 6.07) is 1.16. The molecule has 0 aromatic carbocycles. The quantitative estimate of drug-likeness (QED) is 0.723. The van der Waals surface area contributed by atoms with E-state index in [1.165, 1.54) is 6.33 Å². The van der Waals surface area contributed by atoms with Gasteiger partial charge in [0.2, 0.25) is 5.88 Å². The number of nitrogens with zero attached hydrogens (tertiary/aromatic N) is 2. The van der Waals surface area contributed by atoms with Gasteiger partial charge >= 0.3 is 0 Å². The van der Waals surface area contributed by atoms with Crippen LogP contribution in [0, 0.1) is 0 Å². The molecular formula is C9H15N3O2. The van der Waals surface area contributed by atoms with Crippen LogP contribution in [0.1, 0.15) is 25.6 Å². The lowest BCUT2D eigenvalue weighted by Crippen LogP contribution is -2.17. The largest absolute Gasteiger partial charge is 0.475 e. The average Bonchev–Trinajstić information content (AvgIpc) is 2.16. The van der Waals surface area contributed by atoms with E-state index in [9.17, 15) is 0 Å². The molecular weight excluding hydrogens is 182 g/mol. The zero-order valence-corrected chi connectivity index (χ0v) is 8.34. The highest BCUT2D eigenvalue weighted by atomic mass is 16.5. The third-order valence-electron chi connectivity index (χ3n) is 1.60. The number of hydrogen-bond acceptors (Lipinski definition) is 5. The van der Waals surface area contributed by atoms with Crippen molar-refractivity contribution in [2.45, 2.75) is 26.0 Å². The van der Waals surface area contributed by atoms with Crippen LogP contribution in [0.2, 0.25) is 0 Å². The molecule has 0 aliphatic heterocycles. The Morgan fingerprint density at radius 1 is 1.50 bits per heavy atom. The van der Waals surface area contributed by atoms with Crippen molar-refractivity contribution in [3.63, 3.8) is 0 Å². The molecule has 5 nitrogen and oxygen atoms in total. The Labute approximate surface area is 82.9 Å². The lowest BCUT2D eigenvalue weighted by atomic mass is 10.2. The monoisotopic (exact) mass is 197 g/mol. The van der Waals surface area contributed by atoms with E-state index in [-0.39, 0.29) is 12.7 Å². The molecule has 5 heteroatoms. The van der Waals surface area contributed by atoms with Crippen LogP contribution in [-0.2, 0) is 0 Å². The molecule has 1 rings (SSSR count). The highest BCUT2D eigenvalue weighted by molar-refractivity contribution is 5.16. The summed E-state index contributed by atoms with van der Waals surface area (Å²) in [5.41, 5.74) is 6.18. The Hall–Kier alpha value is -1.20. The van der Waals surface area contributed by atoms with E-state index < -0.39 is 6.04 Å². The van der Waals surface area contributed by atoms with Gasteiger partial charge in [-0.3, -0.25) is 0 Å². The zero-order valence-electron chi connectivity index (χ0n) is 8.34. The van der Waals surface area contributed by atoms with E-state index in [0.29, 0.717) is 11.6 Å². The second-order valence-corrected chi connectivity index (χ2v) is 3.24. The average molecular weight is 197 g/mol. The van der Waals surface area contributed by atoms with Gasteiger partial charge in [0.05, 0.1) is 24.4 Å². The third-order valence-corrected chi connectivity index (χ3v) is 1.60. The molecule has 3 N–H and O–H groups in total. The lowest BCUT2D eigenvalue weighted by molar-refractivity contribution is 0.230. The summed E-state index contributed by atoms with van der Waals surface area (Å²) in [5, 5.41) is 8.83. The van der Waals surface area contributed by atoms with Gasteiger partial charge in [-0.2, -0.15) is 0 Å². The zero-order chi connectivity index (χ0) is 10.6. The topological polar surface area (TPSA) is 81.3 Å². The molecule has 0 aliphatic rings. The van der Waals surface area contributed by atoms with Gasteiger partial charge in [-0.15, -0.1) is 0 Å². The van der Waals surface area contributed by atoms with Crippen LogP contribution in [0.3, 0.4) is 0 Å². The van der Waals surface area contributed by atoms with Crippen LogP contribution in [-0.4, -0.2) is 27.8 Å². The molecule has 1 heterocycles. The van der Waals surface area contributed by atoms with E-state index in [4.69, 9.17) is 15.6 Å². The number of aromatic nitrogens is 2. The maximum absolute atomic E-state index is 8.83. The summed E-state index contributed by atoms with van der Waals surface area (Å²) in [4.78, 5) is 7.87. The molecule has 0 saturated heterocycles. The van der Waals surface area contributed by atoms with Crippen molar-refractivity contribution in [2.75, 3.05) is 6.61 Å². The number of nitrogens with two attached hydrogens (primary N) is 1. The fourth-order valence-electron chi connectivity index (χ4n) is 0.956. The minimum Gasteiger partial charge on any atom is -0.475 e. The minimum absolute atomic E-state index is 0.0584. The van der Waals surface area contributed by atoms with Crippen LogP contribution < -0.4 is 10.5 Å². The standard InChI is InChI=1S/C9H15N3O2/c1-6(2)14-9-3-8(7(10)4-13)11-5-12-9/h3,5-7,13H,4,10H2,1-2H3. The summed E-state index contributed by atoms with van der Waals surface area (Å²) in [7, 11) is 0. The predicted octanol–water partition coefficient (Wildman–Crippen LogP) is 0.256. The van der Waals surface area contributed by atoms with Crippen LogP contribution in [0.4, 0.5) is 0 Å². The Bertz CT molecular complexity index is 291. The highest BCUT2D eigenvalue weighted by Crippen LogP contribution is 2.13. The molecule has 1 atom stereocenters. The van der Waals surface area contributed by atoms with Gasteiger partial charge in [0.15, 0.2) is 0 Å². The summed E-state index contributed by atoms with van der Waals surface area (Å²) in [6.45, 7) is 3.68. The maximum atomic E-state index is 8.83. The molecule has 0 saturated carbocycles. The molecule has 0 fully saturated rings. The maximum Gasteiger partial charge on any atom is 0.216 e. The van der Waals surface area contributed by atoms with E-state index in [2.05, 4.69) is 9.97 Å². The number of hydrogen-bond donors (Lipinski definition) is 2. The molecule has 0 aliphatic carbocycles. The first kappa shape index (κ1) is 10.9. The third kappa shape index (κ3) is 2.93. The molecule has 1 aromatic rings. The molecule has 0 radical (unpaired) electrons. The second-order valence-electron chi connectivity index (χ2n) is 3.24. The number of rotatable bonds is 4. The fraction of sp³-hybridized carbons (Fsp3) is 0.556. The van der Waals surface area contributed by atoms with E-state index in [1.54, 1.807) is 6.07 Å². The number of aliphatic hydroxyl groups excluding tert-OH is 1. The van der Waals surface area contributed by atoms with E-state index >= 15 is 0 Å². The molecule has 1 aromatic heterocycles. The van der Waals surface area contributed by atoms with Crippen molar-refractivity contribution in [2.24, 2.45) is 5.73 Å². The normalized spacial score (nSPS) is 12.9. The Morgan fingerprint density at radius 3 is 2.79 bits per heavy atom. The van der Waals surface area contributed by atoms with Crippen molar-refractivity contribution >= 4 is 0 Å². The van der Waals surface area contributed by atoms with Gasteiger partial charge in [-0.05, 0) is 13.8 Å². The minimum atomic E-state index is -0.479. The van der Waals surface area contributed by atoms with Crippen molar-refractivity contribution in [3.8, 4) is 5.88 Å². The lowest BCUT2D eigenvalue weighted by Gasteiger charge is -2.11. The van der Waals surface area contributed by atoms with Crippen LogP contribution in [0.5, 0.6) is 5.88 Å². The fourth-order valence-corrected chi connectivity index (χ4v) is 0.956. The molecule has 0 spiro atoms. The van der Waals surface area contributed by atoms with Crippen molar-refractivity contribution in [1.29, 1.82) is 0 Å². The summed E-state index contributed by atoms with van der Waals surface area (Å²) >= 11 is 0. The SMILES string of the molecule is CC(C)Oc1cc(C(N)CO)ncn1. The Balaban J connectivity index is 2.78. The highest BCUT2D eigenvalue weighted by Gasteiger charge is 2.08. The summed E-state index contributed by atoms with van der Waals surface area (Å²) < 4.78 is 5.36. The summed E-state index contributed by atoms with van der Waals surface area (Å²) in [5.74, 6) is 0.480. The molecule has 0 bridgehead atoms. The molecule has 0 amide bonds. The Kier molecular flexibility index (Phi) is 3.79. The van der Waals surface area contributed by atoms with Gasteiger partial charge in [0.25, 0.3) is 0 Å². The van der Waals surface area contributed by atoms with Gasteiger partial charge in [-0.1, -0.05) is 0 Å². The van der Waals surface area contributed by atoms with Crippen LogP contribution >= 0.6 is 0 Å². The van der Waals surface area contributed by atoms with Gasteiger partial charge < -0.3 is 15.6 Å². The second kappa shape index (κ2) is 4.88. The van der Waals surface area contributed by atoms with E-state index in [1.807, 2.05) is 13.8 Å². The van der Waals surface area contributed by atoms with Gasteiger partial charge in [-0.25, -0.2) is 9.97 Å². The first-order valence-electron chi connectivity index (χ1n) is 4.48. The van der Waals surface area contributed by atoms with Crippen molar-refractivity contribution < 1.29 is 9.84 Å². The van der Waals surface area contributed by atoms with Gasteiger partial charge in [0.1, 0.15) is 6.33 Å². The van der Waals surface area contributed by atoms with E-state index in [0.717, 1.165) is 0 Å². The smallest absolute Gasteiger partial charge is 0.216 e. The van der Waals surface area contributed by atoms with Crippen LogP contribution in [0.15, 0.2) is 12.4 Å². The predicted molar refractivity (Wildman–Crippen MR) is 51.8 cm³/mol. The first-order valence-corrected chi connectivity index (χ1v) is 4.48. The van der Waals surface area contributed by atoms with Crippen molar-refractivity contribution in [1.82, 2.24) is 9.97 Å². The number of ether oxygens (including phenoxy) is 1. The van der Waals surface area contributed by atoms with Crippen LogP contribution in [0.25, 0.3) is 0 Å². The summed E-state index contributed by atoms with van der Waals surface area (Å²) in [6.07, 6.45) is 1.44. The molecule has 78 valence electrons. The van der Waals surface area contributed by atoms with Gasteiger partial charge in [0, 0.05) is 6.07 Å². The molecule has 14 heavy (non-hydrogen) atoms.